The van der Waals surface area contributed by atoms with Gasteiger partial charge in [0.15, 0.2) is 5.78 Å². The molecule has 1 aromatic carbocycles. The SMILES string of the molecule is Cc1ccc(C(=O)CS(=O)CCC(C)C)cc1C. The van der Waals surface area contributed by atoms with Crippen LogP contribution >= 0.6 is 0 Å². The minimum Gasteiger partial charge on any atom is -0.293 e. The predicted octanol–water partition coefficient (Wildman–Crippen LogP) is 3.28. The molecule has 0 aliphatic rings. The van der Waals surface area contributed by atoms with Gasteiger partial charge < -0.3 is 0 Å². The molecule has 0 aliphatic carbocycles. The average Bonchev–Trinajstić information content (AvgIpc) is 2.30. The van der Waals surface area contributed by atoms with Gasteiger partial charge in [-0.15, -0.1) is 0 Å². The number of carbonyl (C=O) groups is 1. The molecular weight excluding hydrogens is 244 g/mol. The van der Waals surface area contributed by atoms with E-state index in [1.165, 1.54) is 5.56 Å². The minimum atomic E-state index is -1.03. The molecule has 0 N–H and O–H groups in total. The summed E-state index contributed by atoms with van der Waals surface area (Å²) in [5, 5.41) is 0. The molecule has 2 nitrogen and oxygen atoms in total. The molecule has 1 atom stereocenters. The van der Waals surface area contributed by atoms with Gasteiger partial charge >= 0.3 is 0 Å². The second kappa shape index (κ2) is 6.83. The van der Waals surface area contributed by atoms with Gasteiger partial charge in [0.2, 0.25) is 0 Å². The van der Waals surface area contributed by atoms with Crippen LogP contribution in [0.1, 0.15) is 41.8 Å². The van der Waals surface area contributed by atoms with E-state index in [4.69, 9.17) is 0 Å². The Morgan fingerprint density at radius 2 is 1.89 bits per heavy atom. The Kier molecular flexibility index (Phi) is 5.73. The molecule has 0 aromatic heterocycles. The Labute approximate surface area is 112 Å². The molecule has 1 unspecified atom stereocenters. The highest BCUT2D eigenvalue weighted by Crippen LogP contribution is 2.11. The quantitative estimate of drug-likeness (QED) is 0.740. The molecule has 100 valence electrons. The molecule has 0 spiro atoms. The highest BCUT2D eigenvalue weighted by atomic mass is 32.2. The summed E-state index contributed by atoms with van der Waals surface area (Å²) in [5.41, 5.74) is 2.96. The molecule has 0 saturated heterocycles. The Bertz CT molecular complexity index is 450. The summed E-state index contributed by atoms with van der Waals surface area (Å²) in [4.78, 5) is 12.0. The summed E-state index contributed by atoms with van der Waals surface area (Å²) in [6, 6.07) is 5.65. The van der Waals surface area contributed by atoms with Crippen molar-refractivity contribution in [3.63, 3.8) is 0 Å². The number of carbonyl (C=O) groups excluding carboxylic acids is 1. The zero-order valence-electron chi connectivity index (χ0n) is 11.7. The lowest BCUT2D eigenvalue weighted by Gasteiger charge is -2.06. The van der Waals surface area contributed by atoms with Crippen LogP contribution in [0.4, 0.5) is 0 Å². The van der Waals surface area contributed by atoms with Gasteiger partial charge in [0.25, 0.3) is 0 Å². The highest BCUT2D eigenvalue weighted by molar-refractivity contribution is 7.85. The first-order valence-electron chi connectivity index (χ1n) is 6.35. The Balaban J connectivity index is 2.59. The highest BCUT2D eigenvalue weighted by Gasteiger charge is 2.11. The molecule has 0 heterocycles. The first-order chi connectivity index (χ1) is 8.40. The maximum absolute atomic E-state index is 12.0. The maximum atomic E-state index is 12.0. The van der Waals surface area contributed by atoms with E-state index in [9.17, 15) is 9.00 Å². The van der Waals surface area contributed by atoms with E-state index in [1.54, 1.807) is 0 Å². The number of ketones is 1. The lowest BCUT2D eigenvalue weighted by molar-refractivity contribution is 0.102. The average molecular weight is 266 g/mol. The number of aryl methyl sites for hydroxylation is 2. The second-order valence-electron chi connectivity index (χ2n) is 5.19. The van der Waals surface area contributed by atoms with Crippen molar-refractivity contribution in [2.75, 3.05) is 11.5 Å². The number of Topliss-reactive ketones (excluding diaryl/α,β-unsaturated/α-hetero) is 1. The Morgan fingerprint density at radius 1 is 1.22 bits per heavy atom. The van der Waals surface area contributed by atoms with Crippen LogP contribution < -0.4 is 0 Å². The van der Waals surface area contributed by atoms with E-state index >= 15 is 0 Å². The molecular formula is C15H22O2S. The van der Waals surface area contributed by atoms with Crippen LogP contribution in [0.25, 0.3) is 0 Å². The Morgan fingerprint density at radius 3 is 2.44 bits per heavy atom. The summed E-state index contributed by atoms with van der Waals surface area (Å²) >= 11 is 0. The third-order valence-corrected chi connectivity index (χ3v) is 4.32. The van der Waals surface area contributed by atoms with Crippen LogP contribution in [0.2, 0.25) is 0 Å². The van der Waals surface area contributed by atoms with Crippen LogP contribution in [-0.4, -0.2) is 21.5 Å². The zero-order valence-corrected chi connectivity index (χ0v) is 12.5. The van der Waals surface area contributed by atoms with Crippen molar-refractivity contribution in [2.45, 2.75) is 34.1 Å². The third kappa shape index (κ3) is 4.73. The van der Waals surface area contributed by atoms with E-state index < -0.39 is 10.8 Å². The van der Waals surface area contributed by atoms with Crippen molar-refractivity contribution in [3.05, 3.63) is 34.9 Å². The van der Waals surface area contributed by atoms with Crippen LogP contribution in [0.3, 0.4) is 0 Å². The van der Waals surface area contributed by atoms with E-state index in [0.29, 0.717) is 17.2 Å². The standard InChI is InChI=1S/C15H22O2S/c1-11(2)7-8-18(17)10-15(16)14-6-5-12(3)13(4)9-14/h5-6,9,11H,7-8,10H2,1-4H3. The lowest BCUT2D eigenvalue weighted by Crippen LogP contribution is -2.14. The lowest BCUT2D eigenvalue weighted by atomic mass is 10.0. The molecule has 0 bridgehead atoms. The first-order valence-corrected chi connectivity index (χ1v) is 7.84. The van der Waals surface area contributed by atoms with Gasteiger partial charge in [-0.05, 0) is 43.4 Å². The number of benzene rings is 1. The van der Waals surface area contributed by atoms with Crippen LogP contribution in [0, 0.1) is 19.8 Å². The van der Waals surface area contributed by atoms with Crippen molar-refractivity contribution in [1.29, 1.82) is 0 Å². The van der Waals surface area contributed by atoms with Crippen molar-refractivity contribution in [1.82, 2.24) is 0 Å². The van der Waals surface area contributed by atoms with Gasteiger partial charge in [0, 0.05) is 22.1 Å². The monoisotopic (exact) mass is 266 g/mol. The molecule has 0 aliphatic heterocycles. The fourth-order valence-electron chi connectivity index (χ4n) is 1.58. The van der Waals surface area contributed by atoms with Gasteiger partial charge in [0.1, 0.15) is 0 Å². The molecule has 1 rings (SSSR count). The van der Waals surface area contributed by atoms with Crippen LogP contribution in [-0.2, 0) is 10.8 Å². The van der Waals surface area contributed by atoms with Crippen LogP contribution in [0.5, 0.6) is 0 Å². The summed E-state index contributed by atoms with van der Waals surface area (Å²) in [6.45, 7) is 8.21. The minimum absolute atomic E-state index is 0.0137. The molecule has 0 saturated carbocycles. The first kappa shape index (κ1) is 15.1. The molecule has 0 radical (unpaired) electrons. The summed E-state index contributed by atoms with van der Waals surface area (Å²) in [7, 11) is -1.03. The molecule has 18 heavy (non-hydrogen) atoms. The third-order valence-electron chi connectivity index (χ3n) is 3.04. The normalized spacial score (nSPS) is 12.7. The van der Waals surface area contributed by atoms with Crippen LogP contribution in [0.15, 0.2) is 18.2 Å². The molecule has 0 amide bonds. The molecule has 1 aromatic rings. The maximum Gasteiger partial charge on any atom is 0.175 e. The van der Waals surface area contributed by atoms with E-state index in [-0.39, 0.29) is 11.5 Å². The number of rotatable bonds is 6. The van der Waals surface area contributed by atoms with Crippen molar-refractivity contribution >= 4 is 16.6 Å². The summed E-state index contributed by atoms with van der Waals surface area (Å²) < 4.78 is 11.8. The van der Waals surface area contributed by atoms with Crippen molar-refractivity contribution in [2.24, 2.45) is 5.92 Å². The van der Waals surface area contributed by atoms with Gasteiger partial charge in [-0.1, -0.05) is 26.0 Å². The fraction of sp³-hybridized carbons (Fsp3) is 0.533. The predicted molar refractivity (Wildman–Crippen MR) is 77.6 cm³/mol. The molecule has 0 fully saturated rings. The zero-order chi connectivity index (χ0) is 13.7. The van der Waals surface area contributed by atoms with E-state index in [2.05, 4.69) is 13.8 Å². The van der Waals surface area contributed by atoms with Gasteiger partial charge in [-0.3, -0.25) is 9.00 Å². The van der Waals surface area contributed by atoms with Gasteiger partial charge in [-0.2, -0.15) is 0 Å². The fourth-order valence-corrected chi connectivity index (χ4v) is 2.92. The summed E-state index contributed by atoms with van der Waals surface area (Å²) in [6.07, 6.45) is 0.910. The number of hydrogen-bond donors (Lipinski definition) is 0. The van der Waals surface area contributed by atoms with Crippen molar-refractivity contribution in [3.8, 4) is 0 Å². The molecule has 3 heteroatoms. The summed E-state index contributed by atoms with van der Waals surface area (Å²) in [5.74, 6) is 1.29. The largest absolute Gasteiger partial charge is 0.293 e. The smallest absolute Gasteiger partial charge is 0.175 e. The van der Waals surface area contributed by atoms with Gasteiger partial charge in [0.05, 0.1) is 5.75 Å². The number of hydrogen-bond acceptors (Lipinski definition) is 2. The topological polar surface area (TPSA) is 34.1 Å². The van der Waals surface area contributed by atoms with Gasteiger partial charge in [-0.25, -0.2) is 0 Å². The van der Waals surface area contributed by atoms with Crippen molar-refractivity contribution < 1.29 is 9.00 Å². The van der Waals surface area contributed by atoms with E-state index in [1.807, 2.05) is 32.0 Å². The second-order valence-corrected chi connectivity index (χ2v) is 6.77. The Hall–Kier alpha value is -0.960. The van der Waals surface area contributed by atoms with E-state index in [0.717, 1.165) is 12.0 Å².